The van der Waals surface area contributed by atoms with E-state index in [0.29, 0.717) is 5.69 Å². The third-order valence-electron chi connectivity index (χ3n) is 1.44. The van der Waals surface area contributed by atoms with Gasteiger partial charge in [0.15, 0.2) is 0 Å². The molecule has 0 aliphatic heterocycles. The number of rotatable bonds is 1. The summed E-state index contributed by atoms with van der Waals surface area (Å²) in [5.41, 5.74) is 2.12. The van der Waals surface area contributed by atoms with Crippen LogP contribution >= 0.6 is 0 Å². The molecule has 1 aromatic carbocycles. The van der Waals surface area contributed by atoms with E-state index < -0.39 is 18.3 Å². The maximum absolute atomic E-state index is 11.1. The maximum atomic E-state index is 11.1. The zero-order chi connectivity index (χ0) is 13.4. The minimum Gasteiger partial charge on any atom is -0.447 e. The molecule has 0 heterocycles. The van der Waals surface area contributed by atoms with Crippen LogP contribution in [0.4, 0.5) is 20.1 Å². The monoisotopic (exact) mass is 256 g/mol. The number of hydrogen-bond donors (Lipinski definition) is 3. The molecule has 0 aliphatic rings. The minimum absolute atomic E-state index is 0.466. The molecule has 1 aromatic rings. The molecule has 0 saturated heterocycles. The van der Waals surface area contributed by atoms with Crippen molar-refractivity contribution in [1.29, 1.82) is 0 Å². The normalized spacial score (nSPS) is 8.89. The maximum Gasteiger partial charge on any atom is 0.575 e. The number of carboxylic acid groups (broad SMARTS) is 1. The fourth-order valence-electron chi connectivity index (χ4n) is 0.853. The number of hydrogen-bond acceptors (Lipinski definition) is 6. The Morgan fingerprint density at radius 1 is 1.06 bits per heavy atom. The van der Waals surface area contributed by atoms with Gasteiger partial charge in [0.1, 0.15) is 0 Å². The van der Waals surface area contributed by atoms with Gasteiger partial charge in [-0.1, -0.05) is 18.2 Å². The predicted octanol–water partition coefficient (Wildman–Crippen LogP) is 1.49. The SMILES string of the molecule is O=C(NOC(=O)OOC(=O)O)Nc1ccccc1. The van der Waals surface area contributed by atoms with Gasteiger partial charge in [0.2, 0.25) is 0 Å². The van der Waals surface area contributed by atoms with E-state index in [9.17, 15) is 14.4 Å². The van der Waals surface area contributed by atoms with E-state index in [0.717, 1.165) is 0 Å². The number of nitrogens with one attached hydrogen (secondary N) is 2. The van der Waals surface area contributed by atoms with E-state index in [2.05, 4.69) is 19.9 Å². The number of carbonyl (C=O) groups is 3. The van der Waals surface area contributed by atoms with Gasteiger partial charge >= 0.3 is 18.3 Å². The van der Waals surface area contributed by atoms with Crippen LogP contribution < -0.4 is 10.8 Å². The summed E-state index contributed by atoms with van der Waals surface area (Å²) >= 11 is 0. The molecule has 3 N–H and O–H groups in total. The molecular weight excluding hydrogens is 248 g/mol. The first kappa shape index (κ1) is 13.1. The predicted molar refractivity (Wildman–Crippen MR) is 55.3 cm³/mol. The van der Waals surface area contributed by atoms with Gasteiger partial charge in [-0.25, -0.2) is 9.59 Å². The van der Waals surface area contributed by atoms with E-state index in [4.69, 9.17) is 5.11 Å². The second kappa shape index (κ2) is 6.58. The quantitative estimate of drug-likeness (QED) is 0.513. The molecule has 0 fully saturated rings. The van der Waals surface area contributed by atoms with Crippen LogP contribution in [0.15, 0.2) is 30.3 Å². The molecule has 0 aliphatic carbocycles. The van der Waals surface area contributed by atoms with Gasteiger partial charge in [0.25, 0.3) is 0 Å². The highest BCUT2D eigenvalue weighted by atomic mass is 17.3. The molecule has 1 rings (SSSR count). The standard InChI is InChI=1S/C9H8N2O7/c12-7(10-6-4-2-1-3-5-6)11-16-9(15)18-17-8(13)14/h1-5H,(H,13,14)(H2,10,11,12). The van der Waals surface area contributed by atoms with Crippen molar-refractivity contribution in [1.82, 2.24) is 5.48 Å². The summed E-state index contributed by atoms with van der Waals surface area (Å²) in [4.78, 5) is 42.6. The lowest BCUT2D eigenvalue weighted by atomic mass is 10.3. The van der Waals surface area contributed by atoms with Gasteiger partial charge in [-0.05, 0) is 12.1 Å². The van der Waals surface area contributed by atoms with Crippen LogP contribution in [0.1, 0.15) is 0 Å². The molecule has 0 aromatic heterocycles. The molecule has 0 atom stereocenters. The van der Waals surface area contributed by atoms with Crippen LogP contribution in [0.25, 0.3) is 0 Å². The molecule has 9 heteroatoms. The first-order chi connectivity index (χ1) is 8.58. The molecule has 96 valence electrons. The zero-order valence-electron chi connectivity index (χ0n) is 8.78. The summed E-state index contributed by atoms with van der Waals surface area (Å²) in [6, 6.07) is 7.47. The smallest absolute Gasteiger partial charge is 0.447 e. The van der Waals surface area contributed by atoms with Crippen LogP contribution in [-0.4, -0.2) is 23.4 Å². The van der Waals surface area contributed by atoms with Crippen molar-refractivity contribution in [2.75, 3.05) is 5.32 Å². The first-order valence-corrected chi connectivity index (χ1v) is 4.48. The summed E-state index contributed by atoms with van der Waals surface area (Å²) in [5.74, 6) is 0. The van der Waals surface area contributed by atoms with Crippen molar-refractivity contribution < 1.29 is 34.1 Å². The number of benzene rings is 1. The van der Waals surface area contributed by atoms with E-state index in [1.165, 1.54) is 0 Å². The Kier molecular flexibility index (Phi) is 4.79. The lowest BCUT2D eigenvalue weighted by molar-refractivity contribution is -0.216. The second-order valence-corrected chi connectivity index (χ2v) is 2.71. The lowest BCUT2D eigenvalue weighted by Gasteiger charge is -2.06. The van der Waals surface area contributed by atoms with E-state index in [1.807, 2.05) is 0 Å². The van der Waals surface area contributed by atoms with Crippen molar-refractivity contribution in [2.24, 2.45) is 0 Å². The number of carbonyl (C=O) groups excluding carboxylic acids is 2. The van der Waals surface area contributed by atoms with Crippen molar-refractivity contribution in [2.45, 2.75) is 0 Å². The molecule has 0 radical (unpaired) electrons. The average Bonchev–Trinajstić information content (AvgIpc) is 2.35. The molecule has 0 unspecified atom stereocenters. The topological polar surface area (TPSA) is 123 Å². The van der Waals surface area contributed by atoms with Gasteiger partial charge in [-0.2, -0.15) is 20.0 Å². The number of urea groups is 1. The fourth-order valence-corrected chi connectivity index (χ4v) is 0.853. The van der Waals surface area contributed by atoms with Crippen molar-refractivity contribution >= 4 is 24.0 Å². The molecule has 0 bridgehead atoms. The van der Waals surface area contributed by atoms with Crippen molar-refractivity contribution in [3.05, 3.63) is 30.3 Å². The summed E-state index contributed by atoms with van der Waals surface area (Å²) in [6.45, 7) is 0. The summed E-state index contributed by atoms with van der Waals surface area (Å²) in [6.07, 6.45) is -3.37. The number of amides is 2. The molecule has 0 saturated carbocycles. The number of anilines is 1. The van der Waals surface area contributed by atoms with Crippen LogP contribution in [0.5, 0.6) is 0 Å². The molecular formula is C9H8N2O7. The van der Waals surface area contributed by atoms with Gasteiger partial charge in [-0.3, -0.25) is 0 Å². The Bertz CT molecular complexity index is 434. The molecule has 18 heavy (non-hydrogen) atoms. The second-order valence-electron chi connectivity index (χ2n) is 2.71. The largest absolute Gasteiger partial charge is 0.575 e. The van der Waals surface area contributed by atoms with Crippen LogP contribution in [0.2, 0.25) is 0 Å². The summed E-state index contributed by atoms with van der Waals surface area (Å²) in [7, 11) is 0. The van der Waals surface area contributed by atoms with E-state index in [1.54, 1.807) is 35.8 Å². The van der Waals surface area contributed by atoms with E-state index in [-0.39, 0.29) is 0 Å². The van der Waals surface area contributed by atoms with Crippen LogP contribution in [0, 0.1) is 0 Å². The Balaban J connectivity index is 2.25. The zero-order valence-corrected chi connectivity index (χ0v) is 8.78. The molecule has 2 amide bonds. The third kappa shape index (κ3) is 5.21. The highest BCUT2D eigenvalue weighted by Gasteiger charge is 2.11. The number of para-hydroxylation sites is 1. The van der Waals surface area contributed by atoms with Crippen molar-refractivity contribution in [3.63, 3.8) is 0 Å². The molecule has 0 spiro atoms. The van der Waals surface area contributed by atoms with Crippen LogP contribution in [0.3, 0.4) is 0 Å². The number of hydroxylamine groups is 1. The Morgan fingerprint density at radius 3 is 2.33 bits per heavy atom. The van der Waals surface area contributed by atoms with E-state index >= 15 is 0 Å². The minimum atomic E-state index is -1.83. The third-order valence-corrected chi connectivity index (χ3v) is 1.44. The highest BCUT2D eigenvalue weighted by molar-refractivity contribution is 5.88. The Labute approximate surface area is 100 Å². The average molecular weight is 256 g/mol. The Hall–Kier alpha value is -2.97. The first-order valence-electron chi connectivity index (χ1n) is 4.48. The highest BCUT2D eigenvalue weighted by Crippen LogP contribution is 2.03. The molecule has 9 nitrogen and oxygen atoms in total. The fraction of sp³-hybridized carbons (Fsp3) is 0. The summed E-state index contributed by atoms with van der Waals surface area (Å²) < 4.78 is 0. The van der Waals surface area contributed by atoms with Crippen LogP contribution in [-0.2, 0) is 14.6 Å². The van der Waals surface area contributed by atoms with Crippen molar-refractivity contribution in [3.8, 4) is 0 Å². The van der Waals surface area contributed by atoms with Gasteiger partial charge in [-0.15, -0.1) is 0 Å². The van der Waals surface area contributed by atoms with Gasteiger partial charge < -0.3 is 15.3 Å². The lowest BCUT2D eigenvalue weighted by Crippen LogP contribution is -2.31. The van der Waals surface area contributed by atoms with Gasteiger partial charge in [0.05, 0.1) is 0 Å². The summed E-state index contributed by atoms with van der Waals surface area (Å²) in [5, 5.41) is 10.3. The van der Waals surface area contributed by atoms with Gasteiger partial charge in [0, 0.05) is 5.69 Å². The Morgan fingerprint density at radius 2 is 1.72 bits per heavy atom.